The molecule has 8 heteroatoms. The van der Waals surface area contributed by atoms with E-state index in [0.29, 0.717) is 5.13 Å². The van der Waals surface area contributed by atoms with Crippen LogP contribution in [0, 0.1) is 11.6 Å². The third-order valence-electron chi connectivity index (χ3n) is 2.52. The Kier molecular flexibility index (Phi) is 4.14. The summed E-state index contributed by atoms with van der Waals surface area (Å²) in [5.41, 5.74) is 5.67. The summed E-state index contributed by atoms with van der Waals surface area (Å²) in [4.78, 5) is 16.1. The van der Waals surface area contributed by atoms with E-state index in [1.54, 1.807) is 7.05 Å². The van der Waals surface area contributed by atoms with Crippen molar-refractivity contribution in [2.45, 2.75) is 6.54 Å². The molecule has 1 aromatic carbocycles. The van der Waals surface area contributed by atoms with Gasteiger partial charge in [-0.25, -0.2) is 13.8 Å². The molecule has 2 aromatic rings. The second-order valence-corrected chi connectivity index (χ2v) is 4.90. The van der Waals surface area contributed by atoms with Gasteiger partial charge in [0, 0.05) is 19.2 Å². The Hall–Kier alpha value is -2.22. The largest absolute Gasteiger partial charge is 0.382 e. The van der Waals surface area contributed by atoms with Gasteiger partial charge in [-0.2, -0.15) is 0 Å². The van der Waals surface area contributed by atoms with Crippen LogP contribution in [-0.2, 0) is 6.54 Å². The highest BCUT2D eigenvalue weighted by Crippen LogP contribution is 2.24. The van der Waals surface area contributed by atoms with Crippen molar-refractivity contribution in [2.75, 3.05) is 18.1 Å². The highest BCUT2D eigenvalue weighted by atomic mass is 32.1. The van der Waals surface area contributed by atoms with Crippen LogP contribution in [0.2, 0.25) is 0 Å². The van der Waals surface area contributed by atoms with Crippen molar-refractivity contribution in [3.63, 3.8) is 0 Å². The molecule has 4 N–H and O–H groups in total. The summed E-state index contributed by atoms with van der Waals surface area (Å²) in [7, 11) is 1.65. The van der Waals surface area contributed by atoms with Gasteiger partial charge in [0.25, 0.3) is 5.91 Å². The van der Waals surface area contributed by atoms with E-state index < -0.39 is 17.5 Å². The molecule has 0 saturated heterocycles. The van der Waals surface area contributed by atoms with Gasteiger partial charge >= 0.3 is 0 Å². The van der Waals surface area contributed by atoms with Crippen LogP contribution in [0.15, 0.2) is 18.2 Å². The van der Waals surface area contributed by atoms with Crippen molar-refractivity contribution in [1.29, 1.82) is 0 Å². The van der Waals surface area contributed by atoms with Gasteiger partial charge in [0.1, 0.15) is 22.3 Å². The molecule has 5 nitrogen and oxygen atoms in total. The summed E-state index contributed by atoms with van der Waals surface area (Å²) in [6.45, 7) is -0.130. The minimum atomic E-state index is -0.583. The highest BCUT2D eigenvalue weighted by Gasteiger charge is 2.16. The van der Waals surface area contributed by atoms with E-state index in [9.17, 15) is 13.6 Å². The van der Waals surface area contributed by atoms with Crippen LogP contribution >= 0.6 is 11.3 Å². The van der Waals surface area contributed by atoms with Crippen molar-refractivity contribution < 1.29 is 13.6 Å². The molecule has 1 aromatic heterocycles. The Morgan fingerprint density at radius 3 is 2.85 bits per heavy atom. The first-order valence-corrected chi connectivity index (χ1v) is 6.49. The number of benzene rings is 1. The lowest BCUT2D eigenvalue weighted by molar-refractivity contribution is 0.0955. The van der Waals surface area contributed by atoms with E-state index in [4.69, 9.17) is 5.73 Å². The quantitative estimate of drug-likeness (QED) is 0.806. The van der Waals surface area contributed by atoms with Gasteiger partial charge in [-0.3, -0.25) is 4.79 Å². The minimum Gasteiger partial charge on any atom is -0.382 e. The van der Waals surface area contributed by atoms with Gasteiger partial charge < -0.3 is 16.4 Å². The van der Waals surface area contributed by atoms with Gasteiger partial charge in [0.2, 0.25) is 0 Å². The Bertz CT molecular complexity index is 644. The second-order valence-electron chi connectivity index (χ2n) is 3.90. The number of aromatic nitrogens is 1. The smallest absolute Gasteiger partial charge is 0.265 e. The standard InChI is InChI=1S/C12H12F2N4OS/c1-16-12-18-10(15)9(20-12)11(19)17-5-6-4-7(13)2-3-8(6)14/h2-4H,5,15H2,1H3,(H,16,18)(H,17,19). The molecule has 0 aliphatic heterocycles. The Balaban J connectivity index is 2.08. The normalized spacial score (nSPS) is 10.3. The molecular weight excluding hydrogens is 286 g/mol. The van der Waals surface area contributed by atoms with Gasteiger partial charge in [-0.1, -0.05) is 11.3 Å². The molecule has 0 fully saturated rings. The lowest BCUT2D eigenvalue weighted by Crippen LogP contribution is -2.23. The fraction of sp³-hybridized carbons (Fsp3) is 0.167. The molecule has 0 aliphatic rings. The zero-order chi connectivity index (χ0) is 14.7. The SMILES string of the molecule is CNc1nc(N)c(C(=O)NCc2cc(F)ccc2F)s1. The molecule has 0 radical (unpaired) electrons. The Morgan fingerprint density at radius 1 is 1.45 bits per heavy atom. The number of hydrogen-bond donors (Lipinski definition) is 3. The topological polar surface area (TPSA) is 80.0 Å². The van der Waals surface area contributed by atoms with Crippen molar-refractivity contribution in [1.82, 2.24) is 10.3 Å². The third kappa shape index (κ3) is 3.02. The van der Waals surface area contributed by atoms with E-state index >= 15 is 0 Å². The molecule has 0 aliphatic carbocycles. The van der Waals surface area contributed by atoms with Gasteiger partial charge in [-0.05, 0) is 18.2 Å². The number of rotatable bonds is 4. The number of carbonyl (C=O) groups excluding carboxylic acids is 1. The van der Waals surface area contributed by atoms with E-state index in [-0.39, 0.29) is 22.8 Å². The number of hydrogen-bond acceptors (Lipinski definition) is 5. The fourth-order valence-corrected chi connectivity index (χ4v) is 2.29. The molecule has 1 heterocycles. The van der Waals surface area contributed by atoms with Crippen molar-refractivity contribution in [3.8, 4) is 0 Å². The molecule has 0 unspecified atom stereocenters. The maximum absolute atomic E-state index is 13.4. The monoisotopic (exact) mass is 298 g/mol. The summed E-state index contributed by atoms with van der Waals surface area (Å²) in [6, 6.07) is 3.06. The number of anilines is 2. The average Bonchev–Trinajstić information content (AvgIpc) is 2.81. The maximum Gasteiger partial charge on any atom is 0.265 e. The first kappa shape index (κ1) is 14.2. The van der Waals surface area contributed by atoms with Gasteiger partial charge in [0.05, 0.1) is 0 Å². The first-order valence-electron chi connectivity index (χ1n) is 5.67. The highest BCUT2D eigenvalue weighted by molar-refractivity contribution is 7.18. The van der Waals surface area contributed by atoms with Crippen LogP contribution in [0.4, 0.5) is 19.7 Å². The summed E-state index contributed by atoms with van der Waals surface area (Å²) in [6.07, 6.45) is 0. The zero-order valence-corrected chi connectivity index (χ0v) is 11.4. The summed E-state index contributed by atoms with van der Waals surface area (Å²) in [5, 5.41) is 5.75. The summed E-state index contributed by atoms with van der Waals surface area (Å²) in [5.74, 6) is -1.54. The van der Waals surface area contributed by atoms with Crippen LogP contribution in [0.1, 0.15) is 15.2 Å². The van der Waals surface area contributed by atoms with Crippen molar-refractivity contribution in [2.24, 2.45) is 0 Å². The molecular formula is C12H12F2N4OS. The average molecular weight is 298 g/mol. The molecule has 0 spiro atoms. The molecule has 0 atom stereocenters. The van der Waals surface area contributed by atoms with Crippen molar-refractivity contribution >= 4 is 28.2 Å². The van der Waals surface area contributed by atoms with Gasteiger partial charge in [0.15, 0.2) is 5.13 Å². The lowest BCUT2D eigenvalue weighted by Gasteiger charge is -2.05. The lowest BCUT2D eigenvalue weighted by atomic mass is 10.2. The fourth-order valence-electron chi connectivity index (χ4n) is 1.54. The zero-order valence-electron chi connectivity index (χ0n) is 10.5. The number of nitrogens with two attached hydrogens (primary N) is 1. The summed E-state index contributed by atoms with van der Waals surface area (Å²) >= 11 is 1.08. The molecule has 106 valence electrons. The van der Waals surface area contributed by atoms with Crippen LogP contribution < -0.4 is 16.4 Å². The molecule has 20 heavy (non-hydrogen) atoms. The van der Waals surface area contributed by atoms with Crippen LogP contribution in [0.5, 0.6) is 0 Å². The van der Waals surface area contributed by atoms with Crippen LogP contribution in [0.3, 0.4) is 0 Å². The van der Waals surface area contributed by atoms with E-state index in [2.05, 4.69) is 15.6 Å². The predicted molar refractivity (Wildman–Crippen MR) is 73.6 cm³/mol. The number of nitrogens with one attached hydrogen (secondary N) is 2. The number of amides is 1. The van der Waals surface area contributed by atoms with Crippen LogP contribution in [-0.4, -0.2) is 17.9 Å². The maximum atomic E-state index is 13.4. The van der Waals surface area contributed by atoms with Crippen molar-refractivity contribution in [3.05, 3.63) is 40.3 Å². The second kappa shape index (κ2) is 5.83. The van der Waals surface area contributed by atoms with E-state index in [0.717, 1.165) is 29.5 Å². The van der Waals surface area contributed by atoms with Crippen LogP contribution in [0.25, 0.3) is 0 Å². The molecule has 0 saturated carbocycles. The van der Waals surface area contributed by atoms with Gasteiger partial charge in [-0.15, -0.1) is 0 Å². The molecule has 2 rings (SSSR count). The number of thiazole rings is 1. The predicted octanol–water partition coefficient (Wildman–Crippen LogP) is 1.98. The molecule has 1 amide bonds. The minimum absolute atomic E-state index is 0.0651. The number of nitrogens with zero attached hydrogens (tertiary/aromatic N) is 1. The van der Waals surface area contributed by atoms with E-state index in [1.165, 1.54) is 0 Å². The number of nitrogen functional groups attached to an aromatic ring is 1. The molecule has 0 bridgehead atoms. The number of carbonyl (C=O) groups is 1. The number of halogens is 2. The first-order chi connectivity index (χ1) is 9.51. The van der Waals surface area contributed by atoms with E-state index in [1.807, 2.05) is 0 Å². The Labute approximate surface area is 117 Å². The third-order valence-corrected chi connectivity index (χ3v) is 3.61. The summed E-state index contributed by atoms with van der Waals surface area (Å²) < 4.78 is 26.4. The Morgan fingerprint density at radius 2 is 2.20 bits per heavy atom.